The zero-order chi connectivity index (χ0) is 22.4. The lowest BCUT2D eigenvalue weighted by Gasteiger charge is -2.21. The van der Waals surface area contributed by atoms with E-state index < -0.39 is 11.5 Å². The Kier molecular flexibility index (Phi) is 6.75. The molecule has 1 unspecified atom stereocenters. The largest absolute Gasteiger partial charge is 0.370 e. The molecule has 3 N–H and O–H groups in total. The van der Waals surface area contributed by atoms with Gasteiger partial charge in [-0.25, -0.2) is 0 Å². The van der Waals surface area contributed by atoms with E-state index in [1.54, 1.807) is 0 Å². The standard InChI is InChI=1S/C26H29N3O2/c1-18-10-12-21(13-11-18)28-24(30)23(19-8-6-5-7-9-19)27-20-14-16-22(17-15-20)29-25(31)26(2,3)4/h5-17,23,27H,1-4H3,(H,28,30)(H,29,31). The second-order valence-corrected chi connectivity index (χ2v) is 8.62. The maximum Gasteiger partial charge on any atom is 0.251 e. The lowest BCUT2D eigenvalue weighted by Crippen LogP contribution is -2.28. The van der Waals surface area contributed by atoms with Gasteiger partial charge in [-0.1, -0.05) is 68.8 Å². The van der Waals surface area contributed by atoms with Gasteiger partial charge in [-0.3, -0.25) is 9.59 Å². The molecule has 5 heteroatoms. The van der Waals surface area contributed by atoms with Crippen molar-refractivity contribution in [2.24, 2.45) is 5.41 Å². The van der Waals surface area contributed by atoms with Crippen LogP contribution in [0, 0.1) is 12.3 Å². The van der Waals surface area contributed by atoms with Crippen LogP contribution in [0.4, 0.5) is 17.1 Å². The summed E-state index contributed by atoms with van der Waals surface area (Å²) in [5.74, 6) is -0.201. The highest BCUT2D eigenvalue weighted by atomic mass is 16.2. The molecule has 1 atom stereocenters. The molecule has 3 rings (SSSR count). The Morgan fingerprint density at radius 2 is 1.23 bits per heavy atom. The van der Waals surface area contributed by atoms with E-state index >= 15 is 0 Å². The second kappa shape index (κ2) is 9.47. The highest BCUT2D eigenvalue weighted by molar-refractivity contribution is 5.97. The van der Waals surface area contributed by atoms with Crippen molar-refractivity contribution in [1.29, 1.82) is 0 Å². The minimum absolute atomic E-state index is 0.0483. The molecule has 0 aliphatic carbocycles. The van der Waals surface area contributed by atoms with Gasteiger partial charge in [-0.05, 0) is 48.9 Å². The predicted molar refractivity (Wildman–Crippen MR) is 127 cm³/mol. The summed E-state index contributed by atoms with van der Waals surface area (Å²) in [5, 5.41) is 9.20. The van der Waals surface area contributed by atoms with E-state index in [-0.39, 0.29) is 11.8 Å². The topological polar surface area (TPSA) is 70.2 Å². The highest BCUT2D eigenvalue weighted by Gasteiger charge is 2.22. The summed E-state index contributed by atoms with van der Waals surface area (Å²) in [7, 11) is 0. The van der Waals surface area contributed by atoms with Gasteiger partial charge in [0.05, 0.1) is 0 Å². The van der Waals surface area contributed by atoms with E-state index in [1.165, 1.54) is 0 Å². The zero-order valence-corrected chi connectivity index (χ0v) is 18.4. The molecule has 0 spiro atoms. The molecule has 0 aromatic heterocycles. The normalized spacial score (nSPS) is 12.0. The molecule has 5 nitrogen and oxygen atoms in total. The predicted octanol–water partition coefficient (Wildman–Crippen LogP) is 5.77. The number of benzene rings is 3. The number of hydrogen-bond donors (Lipinski definition) is 3. The van der Waals surface area contributed by atoms with Crippen LogP contribution in [-0.2, 0) is 9.59 Å². The first-order valence-electron chi connectivity index (χ1n) is 10.3. The van der Waals surface area contributed by atoms with Gasteiger partial charge < -0.3 is 16.0 Å². The zero-order valence-electron chi connectivity index (χ0n) is 18.4. The Bertz CT molecular complexity index is 1020. The molecule has 31 heavy (non-hydrogen) atoms. The van der Waals surface area contributed by atoms with Crippen LogP contribution in [0.5, 0.6) is 0 Å². The third kappa shape index (κ3) is 6.19. The summed E-state index contributed by atoms with van der Waals surface area (Å²) < 4.78 is 0. The average molecular weight is 416 g/mol. The van der Waals surface area contributed by atoms with Crippen molar-refractivity contribution in [3.8, 4) is 0 Å². The maximum absolute atomic E-state index is 13.1. The van der Waals surface area contributed by atoms with Gasteiger partial charge in [0.25, 0.3) is 5.91 Å². The van der Waals surface area contributed by atoms with Gasteiger partial charge >= 0.3 is 0 Å². The molecule has 0 heterocycles. The van der Waals surface area contributed by atoms with Crippen LogP contribution in [0.3, 0.4) is 0 Å². The summed E-state index contributed by atoms with van der Waals surface area (Å²) in [5.41, 5.74) is 3.77. The molecule has 0 fully saturated rings. The van der Waals surface area contributed by atoms with E-state index in [4.69, 9.17) is 0 Å². The summed E-state index contributed by atoms with van der Waals surface area (Å²) in [4.78, 5) is 25.3. The molecule has 3 aromatic carbocycles. The molecule has 0 aliphatic heterocycles. The smallest absolute Gasteiger partial charge is 0.251 e. The van der Waals surface area contributed by atoms with Crippen molar-refractivity contribution in [2.75, 3.05) is 16.0 Å². The number of rotatable bonds is 6. The van der Waals surface area contributed by atoms with E-state index in [0.717, 1.165) is 22.5 Å². The number of amides is 2. The van der Waals surface area contributed by atoms with Crippen molar-refractivity contribution >= 4 is 28.9 Å². The summed E-state index contributed by atoms with van der Waals surface area (Å²) in [6.45, 7) is 7.62. The molecule has 2 amide bonds. The van der Waals surface area contributed by atoms with Gasteiger partial charge in [0.1, 0.15) is 6.04 Å². The number of carbonyl (C=O) groups is 2. The fraction of sp³-hybridized carbons (Fsp3) is 0.231. The first-order valence-corrected chi connectivity index (χ1v) is 10.3. The van der Waals surface area contributed by atoms with E-state index in [1.807, 2.05) is 107 Å². The lowest BCUT2D eigenvalue weighted by atomic mass is 9.95. The van der Waals surface area contributed by atoms with Crippen molar-refractivity contribution in [3.63, 3.8) is 0 Å². The second-order valence-electron chi connectivity index (χ2n) is 8.62. The number of anilines is 3. The third-order valence-electron chi connectivity index (χ3n) is 4.85. The quantitative estimate of drug-likeness (QED) is 0.478. The molecule has 0 bridgehead atoms. The molecule has 0 saturated carbocycles. The SMILES string of the molecule is Cc1ccc(NC(=O)C(Nc2ccc(NC(=O)C(C)(C)C)cc2)c2ccccc2)cc1. The Balaban J connectivity index is 1.76. The van der Waals surface area contributed by atoms with Gasteiger partial charge in [0, 0.05) is 22.5 Å². The minimum atomic E-state index is -0.572. The number of hydrogen-bond acceptors (Lipinski definition) is 3. The Hall–Kier alpha value is -3.60. The Morgan fingerprint density at radius 3 is 1.81 bits per heavy atom. The molecule has 0 aliphatic rings. The fourth-order valence-electron chi connectivity index (χ4n) is 2.93. The first kappa shape index (κ1) is 22.1. The number of aryl methyl sites for hydroxylation is 1. The number of nitrogens with one attached hydrogen (secondary N) is 3. The van der Waals surface area contributed by atoms with E-state index in [0.29, 0.717) is 5.69 Å². The van der Waals surface area contributed by atoms with Crippen LogP contribution < -0.4 is 16.0 Å². The molecule has 3 aromatic rings. The summed E-state index contributed by atoms with van der Waals surface area (Å²) in [6, 6.07) is 24.1. The van der Waals surface area contributed by atoms with Crippen LogP contribution in [-0.4, -0.2) is 11.8 Å². The summed E-state index contributed by atoms with van der Waals surface area (Å²) in [6.07, 6.45) is 0. The molecular weight excluding hydrogens is 386 g/mol. The van der Waals surface area contributed by atoms with Crippen molar-refractivity contribution in [2.45, 2.75) is 33.7 Å². The van der Waals surface area contributed by atoms with Gasteiger partial charge in [-0.15, -0.1) is 0 Å². The van der Waals surface area contributed by atoms with Crippen molar-refractivity contribution < 1.29 is 9.59 Å². The third-order valence-corrected chi connectivity index (χ3v) is 4.85. The van der Waals surface area contributed by atoms with Gasteiger partial charge in [0.2, 0.25) is 5.91 Å². The van der Waals surface area contributed by atoms with Crippen LogP contribution >= 0.6 is 0 Å². The van der Waals surface area contributed by atoms with Gasteiger partial charge in [-0.2, -0.15) is 0 Å². The van der Waals surface area contributed by atoms with Crippen molar-refractivity contribution in [1.82, 2.24) is 0 Å². The van der Waals surface area contributed by atoms with E-state index in [2.05, 4.69) is 16.0 Å². The fourth-order valence-corrected chi connectivity index (χ4v) is 2.93. The molecular formula is C26H29N3O2. The maximum atomic E-state index is 13.1. The van der Waals surface area contributed by atoms with Crippen LogP contribution in [0.1, 0.15) is 37.9 Å². The Labute approximate surface area is 183 Å². The summed E-state index contributed by atoms with van der Waals surface area (Å²) >= 11 is 0. The minimum Gasteiger partial charge on any atom is -0.370 e. The van der Waals surface area contributed by atoms with Crippen LogP contribution in [0.25, 0.3) is 0 Å². The molecule has 0 saturated heterocycles. The molecule has 160 valence electrons. The number of carbonyl (C=O) groups excluding carboxylic acids is 2. The van der Waals surface area contributed by atoms with Crippen LogP contribution in [0.15, 0.2) is 78.9 Å². The highest BCUT2D eigenvalue weighted by Crippen LogP contribution is 2.24. The molecule has 0 radical (unpaired) electrons. The lowest BCUT2D eigenvalue weighted by molar-refractivity contribution is -0.123. The first-order chi connectivity index (χ1) is 14.7. The van der Waals surface area contributed by atoms with Crippen molar-refractivity contribution in [3.05, 3.63) is 90.0 Å². The monoisotopic (exact) mass is 415 g/mol. The van der Waals surface area contributed by atoms with Crippen LogP contribution in [0.2, 0.25) is 0 Å². The average Bonchev–Trinajstić information content (AvgIpc) is 2.74. The van der Waals surface area contributed by atoms with E-state index in [9.17, 15) is 9.59 Å². The van der Waals surface area contributed by atoms with Gasteiger partial charge in [0.15, 0.2) is 0 Å². The Morgan fingerprint density at radius 1 is 0.710 bits per heavy atom.